The summed E-state index contributed by atoms with van der Waals surface area (Å²) in [5.41, 5.74) is 7.94. The maximum absolute atomic E-state index is 8.82. The maximum atomic E-state index is 8.82. The van der Waals surface area contributed by atoms with Crippen LogP contribution in [0.2, 0.25) is 0 Å². The SMILES string of the molecule is C=C(C)C(CCNCC(Br)[C@H](C)N=N)NCO. The second-order valence-electron chi connectivity index (χ2n) is 4.14. The van der Waals surface area contributed by atoms with E-state index in [1.165, 1.54) is 0 Å². The Morgan fingerprint density at radius 2 is 2.24 bits per heavy atom. The minimum absolute atomic E-state index is 0.0185. The molecule has 0 spiro atoms. The van der Waals surface area contributed by atoms with Gasteiger partial charge in [0.15, 0.2) is 0 Å². The summed E-state index contributed by atoms with van der Waals surface area (Å²) >= 11 is 3.48. The number of hydrogen-bond acceptors (Lipinski definition) is 5. The fourth-order valence-electron chi connectivity index (χ4n) is 1.37. The van der Waals surface area contributed by atoms with E-state index in [0.29, 0.717) is 0 Å². The van der Waals surface area contributed by atoms with Crippen molar-refractivity contribution in [3.63, 3.8) is 0 Å². The van der Waals surface area contributed by atoms with Gasteiger partial charge in [-0.1, -0.05) is 28.1 Å². The molecule has 100 valence electrons. The van der Waals surface area contributed by atoms with Gasteiger partial charge in [-0.05, 0) is 26.8 Å². The number of alkyl halides is 1. The summed E-state index contributed by atoms with van der Waals surface area (Å²) in [6.45, 7) is 9.29. The van der Waals surface area contributed by atoms with Crippen molar-refractivity contribution in [2.75, 3.05) is 19.8 Å². The fraction of sp³-hybridized carbons (Fsp3) is 0.818. The number of aliphatic hydroxyl groups excluding tert-OH is 1. The molecule has 0 saturated heterocycles. The molecule has 0 amide bonds. The van der Waals surface area contributed by atoms with Crippen LogP contribution in [0.5, 0.6) is 0 Å². The first-order chi connectivity index (χ1) is 8.02. The highest BCUT2D eigenvalue weighted by molar-refractivity contribution is 9.09. The molecule has 4 N–H and O–H groups in total. The summed E-state index contributed by atoms with van der Waals surface area (Å²) in [6.07, 6.45) is 0.877. The lowest BCUT2D eigenvalue weighted by molar-refractivity contribution is 0.244. The molecule has 0 saturated carbocycles. The van der Waals surface area contributed by atoms with Crippen LogP contribution in [0, 0.1) is 5.53 Å². The van der Waals surface area contributed by atoms with E-state index >= 15 is 0 Å². The highest BCUT2D eigenvalue weighted by Gasteiger charge is 2.12. The zero-order valence-electron chi connectivity index (χ0n) is 10.5. The molecule has 0 aliphatic carbocycles. The monoisotopic (exact) mass is 306 g/mol. The van der Waals surface area contributed by atoms with Gasteiger partial charge in [0.2, 0.25) is 0 Å². The largest absolute Gasteiger partial charge is 0.381 e. The molecule has 0 heterocycles. The summed E-state index contributed by atoms with van der Waals surface area (Å²) < 4.78 is 0. The first kappa shape index (κ1) is 16.7. The van der Waals surface area contributed by atoms with Crippen LogP contribution in [0.1, 0.15) is 20.3 Å². The zero-order chi connectivity index (χ0) is 13.3. The number of nitrogens with one attached hydrogen (secondary N) is 3. The Labute approximate surface area is 112 Å². The number of nitrogens with zero attached hydrogens (tertiary/aromatic N) is 1. The quantitative estimate of drug-likeness (QED) is 0.163. The van der Waals surface area contributed by atoms with Gasteiger partial charge in [0.25, 0.3) is 0 Å². The van der Waals surface area contributed by atoms with E-state index in [2.05, 4.69) is 38.3 Å². The number of rotatable bonds is 10. The molecular weight excluding hydrogens is 284 g/mol. The Balaban J connectivity index is 3.74. The van der Waals surface area contributed by atoms with E-state index in [1.807, 2.05) is 13.8 Å². The second-order valence-corrected chi connectivity index (χ2v) is 5.32. The molecule has 0 aliphatic heterocycles. The van der Waals surface area contributed by atoms with Crippen LogP contribution in [-0.4, -0.2) is 41.8 Å². The van der Waals surface area contributed by atoms with Gasteiger partial charge in [-0.3, -0.25) is 5.32 Å². The summed E-state index contributed by atoms with van der Waals surface area (Å²) in [7, 11) is 0. The van der Waals surface area contributed by atoms with Crippen molar-refractivity contribution >= 4 is 15.9 Å². The van der Waals surface area contributed by atoms with Crippen molar-refractivity contribution in [2.45, 2.75) is 37.2 Å². The predicted molar refractivity (Wildman–Crippen MR) is 73.6 cm³/mol. The van der Waals surface area contributed by atoms with E-state index in [-0.39, 0.29) is 23.6 Å². The lowest BCUT2D eigenvalue weighted by Gasteiger charge is -2.19. The lowest BCUT2D eigenvalue weighted by atomic mass is 10.1. The third kappa shape index (κ3) is 7.59. The van der Waals surface area contributed by atoms with Gasteiger partial charge >= 0.3 is 0 Å². The topological polar surface area (TPSA) is 80.5 Å². The van der Waals surface area contributed by atoms with Crippen LogP contribution in [0.4, 0.5) is 0 Å². The van der Waals surface area contributed by atoms with Crippen LogP contribution in [-0.2, 0) is 0 Å². The van der Waals surface area contributed by atoms with E-state index < -0.39 is 0 Å². The number of aliphatic hydroxyl groups is 1. The Bertz CT molecular complexity index is 238. The molecule has 3 atom stereocenters. The van der Waals surface area contributed by atoms with Crippen LogP contribution in [0.3, 0.4) is 0 Å². The molecule has 0 bridgehead atoms. The van der Waals surface area contributed by atoms with Crippen LogP contribution < -0.4 is 10.6 Å². The van der Waals surface area contributed by atoms with Crippen molar-refractivity contribution < 1.29 is 5.11 Å². The fourth-order valence-corrected chi connectivity index (χ4v) is 1.72. The molecule has 0 aromatic heterocycles. The van der Waals surface area contributed by atoms with Crippen molar-refractivity contribution in [1.82, 2.24) is 10.6 Å². The van der Waals surface area contributed by atoms with Crippen LogP contribution in [0.15, 0.2) is 17.3 Å². The Kier molecular flexibility index (Phi) is 9.53. The standard InChI is InChI=1S/C11H23BrN4O/c1-8(2)11(15-7-17)4-5-14-6-10(12)9(3)16-13/h9-11,13-15,17H,1,4-7H2,2-3H3/t9-,10?,11?/m0/s1. The van der Waals surface area contributed by atoms with Gasteiger partial charge in [-0.25, -0.2) is 5.53 Å². The zero-order valence-corrected chi connectivity index (χ0v) is 12.1. The van der Waals surface area contributed by atoms with Crippen LogP contribution in [0.25, 0.3) is 0 Å². The first-order valence-corrected chi connectivity index (χ1v) is 6.65. The first-order valence-electron chi connectivity index (χ1n) is 5.73. The van der Waals surface area contributed by atoms with E-state index in [1.54, 1.807) is 0 Å². The van der Waals surface area contributed by atoms with Crippen molar-refractivity contribution in [3.05, 3.63) is 12.2 Å². The molecule has 0 aromatic rings. The highest BCUT2D eigenvalue weighted by atomic mass is 79.9. The third-order valence-electron chi connectivity index (χ3n) is 2.61. The average Bonchev–Trinajstić information content (AvgIpc) is 2.31. The average molecular weight is 307 g/mol. The molecule has 0 rings (SSSR count). The van der Waals surface area contributed by atoms with E-state index in [9.17, 15) is 0 Å². The molecule has 6 heteroatoms. The molecule has 17 heavy (non-hydrogen) atoms. The van der Waals surface area contributed by atoms with Gasteiger partial charge in [0.1, 0.15) is 0 Å². The van der Waals surface area contributed by atoms with Gasteiger partial charge < -0.3 is 10.4 Å². The molecule has 0 radical (unpaired) electrons. The predicted octanol–water partition coefficient (Wildman–Crippen LogP) is 1.63. The normalized spacial score (nSPS) is 16.2. The molecule has 0 fully saturated rings. The van der Waals surface area contributed by atoms with Gasteiger partial charge in [0, 0.05) is 12.6 Å². The third-order valence-corrected chi connectivity index (χ3v) is 3.70. The van der Waals surface area contributed by atoms with Gasteiger partial charge in [0.05, 0.1) is 17.6 Å². The molecular formula is C11H23BrN4O. The van der Waals surface area contributed by atoms with Crippen molar-refractivity contribution in [3.8, 4) is 0 Å². The van der Waals surface area contributed by atoms with E-state index in [0.717, 1.165) is 25.1 Å². The van der Waals surface area contributed by atoms with Crippen LogP contribution >= 0.6 is 15.9 Å². The lowest BCUT2D eigenvalue weighted by Crippen LogP contribution is -2.36. The number of hydrogen-bond donors (Lipinski definition) is 4. The Morgan fingerprint density at radius 3 is 2.71 bits per heavy atom. The maximum Gasteiger partial charge on any atom is 0.0936 e. The Morgan fingerprint density at radius 1 is 1.59 bits per heavy atom. The van der Waals surface area contributed by atoms with Gasteiger partial charge in [-0.2, -0.15) is 5.11 Å². The minimum atomic E-state index is -0.0344. The minimum Gasteiger partial charge on any atom is -0.381 e. The molecule has 5 nitrogen and oxygen atoms in total. The molecule has 2 unspecified atom stereocenters. The highest BCUT2D eigenvalue weighted by Crippen LogP contribution is 2.08. The summed E-state index contributed by atoms with van der Waals surface area (Å²) in [6, 6.07) is 0.120. The molecule has 0 aliphatic rings. The van der Waals surface area contributed by atoms with Crippen molar-refractivity contribution in [1.29, 1.82) is 5.53 Å². The number of halogens is 1. The van der Waals surface area contributed by atoms with E-state index in [4.69, 9.17) is 10.6 Å². The second kappa shape index (κ2) is 9.70. The molecule has 0 aromatic carbocycles. The summed E-state index contributed by atoms with van der Waals surface area (Å²) in [5.74, 6) is 0. The van der Waals surface area contributed by atoms with Crippen molar-refractivity contribution in [2.24, 2.45) is 5.11 Å². The van der Waals surface area contributed by atoms with Gasteiger partial charge in [-0.15, -0.1) is 0 Å². The summed E-state index contributed by atoms with van der Waals surface area (Å²) in [5, 5.41) is 18.5. The summed E-state index contributed by atoms with van der Waals surface area (Å²) in [4.78, 5) is 0.175. The smallest absolute Gasteiger partial charge is 0.0936 e. The Hall–Kier alpha value is -0.300.